The van der Waals surface area contributed by atoms with Gasteiger partial charge in [-0.15, -0.1) is 0 Å². The van der Waals surface area contributed by atoms with E-state index in [9.17, 15) is 9.59 Å². The van der Waals surface area contributed by atoms with Crippen molar-refractivity contribution in [2.75, 3.05) is 26.9 Å². The zero-order valence-electron chi connectivity index (χ0n) is 24.6. The molecule has 4 aromatic rings. The molecule has 0 saturated carbocycles. The lowest BCUT2D eigenvalue weighted by Gasteiger charge is -2.31. The maximum absolute atomic E-state index is 13.3. The fraction of sp³-hybridized carbons (Fsp3) is 0.257. The van der Waals surface area contributed by atoms with Crippen LogP contribution < -0.4 is 33.5 Å². The molecule has 44 heavy (non-hydrogen) atoms. The Labute approximate surface area is 284 Å². The van der Waals surface area contributed by atoms with Crippen molar-refractivity contribution in [1.29, 1.82) is 0 Å². The van der Waals surface area contributed by atoms with Crippen molar-refractivity contribution in [3.05, 3.63) is 123 Å². The second-order valence-corrected chi connectivity index (χ2v) is 12.9. The number of benzene rings is 4. The average molecular weight is 744 g/mol. The van der Waals surface area contributed by atoms with Crippen LogP contribution in [0.1, 0.15) is 52.7 Å². The Hall–Kier alpha value is -3.11. The molecule has 0 amide bonds. The first kappa shape index (κ1) is 32.3. The van der Waals surface area contributed by atoms with Crippen LogP contribution in [0.15, 0.2) is 91.0 Å². The SMILES string of the molecule is CC(C)(Oc1ccc(C(=O)c2ccc(Cl)cc2)cc1)C(=O)OC[N+]1(C)CC2c3ccccc3Oc3ccc(Cl)cc3C2C1.[I-]. The highest BCUT2D eigenvalue weighted by Gasteiger charge is 2.48. The van der Waals surface area contributed by atoms with Gasteiger partial charge in [0, 0.05) is 44.1 Å². The number of ketones is 1. The zero-order valence-corrected chi connectivity index (χ0v) is 28.2. The van der Waals surface area contributed by atoms with E-state index < -0.39 is 11.6 Å². The molecule has 6 nitrogen and oxygen atoms in total. The highest BCUT2D eigenvalue weighted by molar-refractivity contribution is 6.31. The van der Waals surface area contributed by atoms with Crippen LogP contribution in [0.3, 0.4) is 0 Å². The molecule has 228 valence electrons. The fourth-order valence-corrected chi connectivity index (χ4v) is 6.39. The van der Waals surface area contributed by atoms with Crippen LogP contribution in [0, 0.1) is 0 Å². The topological polar surface area (TPSA) is 61.8 Å². The van der Waals surface area contributed by atoms with E-state index in [0.717, 1.165) is 35.7 Å². The van der Waals surface area contributed by atoms with Crippen molar-refractivity contribution in [1.82, 2.24) is 0 Å². The summed E-state index contributed by atoms with van der Waals surface area (Å²) in [6.07, 6.45) is 0. The molecular weight excluding hydrogens is 712 g/mol. The Morgan fingerprint density at radius 1 is 0.818 bits per heavy atom. The number of rotatable bonds is 7. The van der Waals surface area contributed by atoms with Gasteiger partial charge in [-0.3, -0.25) is 9.28 Å². The summed E-state index contributed by atoms with van der Waals surface area (Å²) < 4.78 is 18.8. The largest absolute Gasteiger partial charge is 1.00 e. The molecular formula is C35H32Cl2INO5. The summed E-state index contributed by atoms with van der Waals surface area (Å²) in [5.41, 5.74) is 2.02. The van der Waals surface area contributed by atoms with Gasteiger partial charge >= 0.3 is 5.97 Å². The number of hydrogen-bond donors (Lipinski definition) is 0. The van der Waals surface area contributed by atoms with Crippen molar-refractivity contribution in [3.8, 4) is 17.2 Å². The van der Waals surface area contributed by atoms with Crippen molar-refractivity contribution in [2.24, 2.45) is 0 Å². The summed E-state index contributed by atoms with van der Waals surface area (Å²) in [5.74, 6) is 1.86. The first-order chi connectivity index (χ1) is 20.5. The normalized spacial score (nSPS) is 20.1. The summed E-state index contributed by atoms with van der Waals surface area (Å²) in [5, 5.41) is 1.24. The predicted molar refractivity (Wildman–Crippen MR) is 166 cm³/mol. The predicted octanol–water partition coefficient (Wildman–Crippen LogP) is 5.02. The first-order valence-corrected chi connectivity index (χ1v) is 14.9. The molecule has 0 bridgehead atoms. The molecule has 0 spiro atoms. The molecule has 6 rings (SSSR count). The molecule has 3 atom stereocenters. The van der Waals surface area contributed by atoms with Gasteiger partial charge in [-0.05, 0) is 86.6 Å². The monoisotopic (exact) mass is 743 g/mol. The molecule has 2 aliphatic heterocycles. The number of carbonyl (C=O) groups is 2. The number of ether oxygens (including phenoxy) is 3. The van der Waals surface area contributed by atoms with E-state index in [0.29, 0.717) is 31.4 Å². The fourth-order valence-electron chi connectivity index (χ4n) is 6.08. The number of quaternary nitrogens is 1. The Kier molecular flexibility index (Phi) is 9.33. The van der Waals surface area contributed by atoms with Gasteiger partial charge in [-0.2, -0.15) is 0 Å². The lowest BCUT2D eigenvalue weighted by atomic mass is 9.84. The standard InChI is InChI=1S/C35H32Cl2NO5.HI/c1-35(2,43-26-15-10-23(11-16-26)33(39)22-8-12-24(36)13-9-22)34(40)41-21-38(3)19-29-27-6-4-5-7-31(27)42-32-17-14-25(37)18-28(32)30(29)20-38;/h4-18,29-30H,19-21H2,1-3H3;1H/q+1;/p-1. The van der Waals surface area contributed by atoms with E-state index in [1.54, 1.807) is 62.4 Å². The lowest BCUT2D eigenvalue weighted by Crippen LogP contribution is -3.00. The number of para-hydroxylation sites is 1. The minimum atomic E-state index is -1.24. The van der Waals surface area contributed by atoms with Gasteiger partial charge in [0.25, 0.3) is 0 Å². The second-order valence-electron chi connectivity index (χ2n) is 12.1. The quantitative estimate of drug-likeness (QED) is 0.115. The Bertz CT molecular complexity index is 1690. The average Bonchev–Trinajstić information content (AvgIpc) is 3.29. The van der Waals surface area contributed by atoms with Crippen molar-refractivity contribution >= 4 is 35.0 Å². The van der Waals surface area contributed by atoms with Crippen molar-refractivity contribution in [3.63, 3.8) is 0 Å². The van der Waals surface area contributed by atoms with E-state index in [1.807, 2.05) is 36.4 Å². The van der Waals surface area contributed by atoms with Crippen LogP contribution in [0.25, 0.3) is 0 Å². The lowest BCUT2D eigenvalue weighted by molar-refractivity contribution is -0.915. The number of esters is 1. The highest BCUT2D eigenvalue weighted by atomic mass is 127. The van der Waals surface area contributed by atoms with E-state index in [1.165, 1.54) is 0 Å². The minimum absolute atomic E-state index is 0. The third kappa shape index (κ3) is 6.61. The van der Waals surface area contributed by atoms with Crippen molar-refractivity contribution < 1.29 is 52.3 Å². The summed E-state index contributed by atoms with van der Waals surface area (Å²) in [6.45, 7) is 5.10. The molecule has 0 aliphatic carbocycles. The number of carbonyl (C=O) groups excluding carboxylic acids is 2. The minimum Gasteiger partial charge on any atom is -1.00 e. The summed E-state index contributed by atoms with van der Waals surface area (Å²) in [6, 6.07) is 27.4. The Balaban J connectivity index is 0.00000384. The maximum Gasteiger partial charge on any atom is 0.354 e. The molecule has 4 aromatic carbocycles. The molecule has 3 unspecified atom stereocenters. The Morgan fingerprint density at radius 2 is 1.39 bits per heavy atom. The first-order valence-electron chi connectivity index (χ1n) is 14.2. The third-order valence-corrected chi connectivity index (χ3v) is 8.75. The van der Waals surface area contributed by atoms with Crippen LogP contribution in [0.4, 0.5) is 0 Å². The van der Waals surface area contributed by atoms with E-state index in [2.05, 4.69) is 13.1 Å². The number of likely N-dealkylation sites (N-methyl/N-ethyl adjacent to an activating group) is 1. The molecule has 2 aliphatic rings. The molecule has 1 saturated heterocycles. The molecule has 0 aromatic heterocycles. The number of halogens is 3. The highest BCUT2D eigenvalue weighted by Crippen LogP contribution is 2.51. The molecule has 1 fully saturated rings. The molecule has 0 N–H and O–H groups in total. The second kappa shape index (κ2) is 12.7. The van der Waals surface area contributed by atoms with E-state index in [-0.39, 0.29) is 48.3 Å². The maximum atomic E-state index is 13.3. The zero-order chi connectivity index (χ0) is 30.4. The van der Waals surface area contributed by atoms with Crippen LogP contribution in [0.2, 0.25) is 10.0 Å². The van der Waals surface area contributed by atoms with Gasteiger partial charge in [-0.1, -0.05) is 41.4 Å². The van der Waals surface area contributed by atoms with Gasteiger partial charge in [0.15, 0.2) is 11.4 Å². The van der Waals surface area contributed by atoms with Crippen LogP contribution in [-0.2, 0) is 9.53 Å². The van der Waals surface area contributed by atoms with Crippen LogP contribution in [-0.4, -0.2) is 48.7 Å². The Morgan fingerprint density at radius 3 is 2.07 bits per heavy atom. The van der Waals surface area contributed by atoms with Gasteiger partial charge in [0.05, 0.1) is 20.1 Å². The van der Waals surface area contributed by atoms with Gasteiger partial charge in [-0.25, -0.2) is 4.79 Å². The molecule has 2 heterocycles. The third-order valence-electron chi connectivity index (χ3n) is 8.27. The summed E-state index contributed by atoms with van der Waals surface area (Å²) in [7, 11) is 2.11. The summed E-state index contributed by atoms with van der Waals surface area (Å²) in [4.78, 5) is 26.1. The van der Waals surface area contributed by atoms with E-state index in [4.69, 9.17) is 37.4 Å². The molecule has 0 radical (unpaired) electrons. The number of fused-ring (bicyclic) bond motifs is 5. The van der Waals surface area contributed by atoms with Crippen LogP contribution >= 0.6 is 23.2 Å². The van der Waals surface area contributed by atoms with E-state index >= 15 is 0 Å². The number of likely N-dealkylation sites (tertiary alicyclic amines) is 1. The van der Waals surface area contributed by atoms with Gasteiger partial charge in [0.2, 0.25) is 6.73 Å². The summed E-state index contributed by atoms with van der Waals surface area (Å²) >= 11 is 12.4. The molecule has 9 heteroatoms. The van der Waals surface area contributed by atoms with Crippen LogP contribution in [0.5, 0.6) is 17.2 Å². The number of nitrogens with zero attached hydrogens (tertiary/aromatic N) is 1. The van der Waals surface area contributed by atoms with Crippen molar-refractivity contribution in [2.45, 2.75) is 31.3 Å². The van der Waals surface area contributed by atoms with Gasteiger partial charge in [0.1, 0.15) is 17.2 Å². The number of hydrogen-bond acceptors (Lipinski definition) is 5. The van der Waals surface area contributed by atoms with Gasteiger partial charge < -0.3 is 38.2 Å². The smallest absolute Gasteiger partial charge is 0.354 e.